The fourth-order valence-electron chi connectivity index (χ4n) is 3.01. The number of allylic oxidation sites excluding steroid dienone is 2. The molecule has 0 aromatic heterocycles. The van der Waals surface area contributed by atoms with Crippen LogP contribution in [-0.4, -0.2) is 30.9 Å². The van der Waals surface area contributed by atoms with Gasteiger partial charge in [0.15, 0.2) is 0 Å². The molecule has 0 saturated carbocycles. The summed E-state index contributed by atoms with van der Waals surface area (Å²) in [4.78, 5) is 11.0. The first-order chi connectivity index (χ1) is 12.2. The predicted molar refractivity (Wildman–Crippen MR) is 97.8 cm³/mol. The van der Waals surface area contributed by atoms with Crippen molar-refractivity contribution in [3.05, 3.63) is 60.2 Å². The average Bonchev–Trinajstić information content (AvgIpc) is 2.98. The number of carbonyl (C=O) groups excluding carboxylic acids is 1. The third kappa shape index (κ3) is 6.85. The minimum absolute atomic E-state index is 0.160. The van der Waals surface area contributed by atoms with E-state index in [4.69, 9.17) is 4.74 Å². The maximum absolute atomic E-state index is 11.0. The van der Waals surface area contributed by atoms with Crippen molar-refractivity contribution in [3.63, 3.8) is 0 Å². The van der Waals surface area contributed by atoms with Gasteiger partial charge in [-0.3, -0.25) is 4.79 Å². The summed E-state index contributed by atoms with van der Waals surface area (Å²) in [7, 11) is 1.41. The van der Waals surface area contributed by atoms with Gasteiger partial charge in [-0.2, -0.15) is 0 Å². The summed E-state index contributed by atoms with van der Waals surface area (Å²) in [6.45, 7) is 1.21. The van der Waals surface area contributed by atoms with Gasteiger partial charge in [0.25, 0.3) is 0 Å². The SMILES string of the molecule is COC(=O)CCCC=CCC1C(O)C=CC1COCc1ccccc1. The maximum atomic E-state index is 11.0. The van der Waals surface area contributed by atoms with E-state index in [2.05, 4.69) is 23.0 Å². The third-order valence-electron chi connectivity index (χ3n) is 4.52. The Balaban J connectivity index is 1.68. The molecule has 3 unspecified atom stereocenters. The second kappa shape index (κ2) is 10.9. The molecule has 25 heavy (non-hydrogen) atoms. The molecular weight excluding hydrogens is 316 g/mol. The van der Waals surface area contributed by atoms with Crippen molar-refractivity contribution in [2.75, 3.05) is 13.7 Å². The van der Waals surface area contributed by atoms with Crippen molar-refractivity contribution in [1.29, 1.82) is 0 Å². The van der Waals surface area contributed by atoms with E-state index in [1.54, 1.807) is 0 Å². The molecular formula is C21H28O4. The summed E-state index contributed by atoms with van der Waals surface area (Å²) in [5.41, 5.74) is 1.16. The number of aliphatic hydroxyl groups excluding tert-OH is 1. The molecule has 136 valence electrons. The average molecular weight is 344 g/mol. The Morgan fingerprint density at radius 2 is 2.00 bits per heavy atom. The van der Waals surface area contributed by atoms with Gasteiger partial charge in [0.05, 0.1) is 26.4 Å². The van der Waals surface area contributed by atoms with Gasteiger partial charge in [0.2, 0.25) is 0 Å². The summed E-state index contributed by atoms with van der Waals surface area (Å²) >= 11 is 0. The van der Waals surface area contributed by atoms with Crippen LogP contribution in [0.4, 0.5) is 0 Å². The molecule has 3 atom stereocenters. The Kier molecular flexibility index (Phi) is 8.43. The van der Waals surface area contributed by atoms with Gasteiger partial charge in [-0.05, 0) is 24.8 Å². The molecule has 0 saturated heterocycles. The van der Waals surface area contributed by atoms with Crippen LogP contribution >= 0.6 is 0 Å². The zero-order chi connectivity index (χ0) is 17.9. The molecule has 1 aromatic carbocycles. The number of ether oxygens (including phenoxy) is 2. The molecule has 0 bridgehead atoms. The van der Waals surface area contributed by atoms with Crippen LogP contribution in [0.15, 0.2) is 54.6 Å². The van der Waals surface area contributed by atoms with Gasteiger partial charge < -0.3 is 14.6 Å². The van der Waals surface area contributed by atoms with Crippen LogP contribution in [0.5, 0.6) is 0 Å². The quantitative estimate of drug-likeness (QED) is 0.400. The largest absolute Gasteiger partial charge is 0.469 e. The highest BCUT2D eigenvalue weighted by molar-refractivity contribution is 5.69. The van der Waals surface area contributed by atoms with Gasteiger partial charge in [0, 0.05) is 18.3 Å². The van der Waals surface area contributed by atoms with Gasteiger partial charge >= 0.3 is 5.97 Å². The zero-order valence-electron chi connectivity index (χ0n) is 14.8. The number of hydrogen-bond donors (Lipinski definition) is 1. The Labute approximate surface area is 150 Å². The van der Waals surface area contributed by atoms with E-state index in [-0.39, 0.29) is 17.8 Å². The molecule has 0 radical (unpaired) electrons. The molecule has 0 amide bonds. The number of esters is 1. The summed E-state index contributed by atoms with van der Waals surface area (Å²) in [5.74, 6) is 0.227. The number of aliphatic hydroxyl groups is 1. The summed E-state index contributed by atoms with van der Waals surface area (Å²) in [6.07, 6.45) is 10.6. The van der Waals surface area contributed by atoms with E-state index in [0.717, 1.165) is 24.8 Å². The fourth-order valence-corrected chi connectivity index (χ4v) is 3.01. The van der Waals surface area contributed by atoms with Gasteiger partial charge in [-0.15, -0.1) is 0 Å². The number of unbranched alkanes of at least 4 members (excludes halogenated alkanes) is 1. The highest BCUT2D eigenvalue weighted by atomic mass is 16.5. The lowest BCUT2D eigenvalue weighted by Gasteiger charge is -2.21. The molecule has 0 fully saturated rings. The highest BCUT2D eigenvalue weighted by Gasteiger charge is 2.29. The van der Waals surface area contributed by atoms with Gasteiger partial charge in [-0.25, -0.2) is 0 Å². The molecule has 0 heterocycles. The van der Waals surface area contributed by atoms with Crippen molar-refractivity contribution in [2.45, 2.75) is 38.4 Å². The van der Waals surface area contributed by atoms with Crippen LogP contribution in [0.2, 0.25) is 0 Å². The van der Waals surface area contributed by atoms with Gasteiger partial charge in [0.1, 0.15) is 0 Å². The van der Waals surface area contributed by atoms with Gasteiger partial charge in [-0.1, -0.05) is 54.6 Å². The Bertz CT molecular complexity index is 565. The van der Waals surface area contributed by atoms with Crippen LogP contribution in [0.1, 0.15) is 31.2 Å². The molecule has 1 aromatic rings. The molecule has 1 aliphatic rings. The highest BCUT2D eigenvalue weighted by Crippen LogP contribution is 2.29. The topological polar surface area (TPSA) is 55.8 Å². The molecule has 4 heteroatoms. The lowest BCUT2D eigenvalue weighted by molar-refractivity contribution is -0.140. The van der Waals surface area contributed by atoms with Crippen LogP contribution in [0.25, 0.3) is 0 Å². The molecule has 2 rings (SSSR count). The second-order valence-electron chi connectivity index (χ2n) is 6.38. The minimum atomic E-state index is -0.412. The summed E-state index contributed by atoms with van der Waals surface area (Å²) in [5, 5.41) is 10.1. The number of carbonyl (C=O) groups is 1. The first-order valence-electron chi connectivity index (χ1n) is 8.90. The monoisotopic (exact) mass is 344 g/mol. The van der Waals surface area contributed by atoms with E-state index in [0.29, 0.717) is 19.6 Å². The fraction of sp³-hybridized carbons (Fsp3) is 0.476. The van der Waals surface area contributed by atoms with Crippen molar-refractivity contribution in [1.82, 2.24) is 0 Å². The van der Waals surface area contributed by atoms with Crippen LogP contribution in [0, 0.1) is 11.8 Å². The van der Waals surface area contributed by atoms with E-state index >= 15 is 0 Å². The molecule has 0 spiro atoms. The number of methoxy groups -OCH3 is 1. The molecule has 0 aliphatic heterocycles. The third-order valence-corrected chi connectivity index (χ3v) is 4.52. The smallest absolute Gasteiger partial charge is 0.305 e. The van der Waals surface area contributed by atoms with E-state index in [1.807, 2.05) is 36.4 Å². The van der Waals surface area contributed by atoms with E-state index in [9.17, 15) is 9.90 Å². The lowest BCUT2D eigenvalue weighted by Crippen LogP contribution is -2.23. The Hall–Kier alpha value is -1.91. The van der Waals surface area contributed by atoms with Crippen molar-refractivity contribution >= 4 is 5.97 Å². The standard InChI is InChI=1S/C21H28O4/c1-24-21(23)12-8-3-2-7-11-19-18(13-14-20(19)22)16-25-15-17-9-5-4-6-10-17/h2,4-7,9-10,13-14,18-20,22H,3,8,11-12,15-16H2,1H3. The van der Waals surface area contributed by atoms with Crippen molar-refractivity contribution in [2.24, 2.45) is 11.8 Å². The summed E-state index contributed by atoms with van der Waals surface area (Å²) < 4.78 is 10.4. The predicted octanol–water partition coefficient (Wildman–Crippen LogP) is 3.66. The first-order valence-corrected chi connectivity index (χ1v) is 8.90. The van der Waals surface area contributed by atoms with E-state index < -0.39 is 6.10 Å². The second-order valence-corrected chi connectivity index (χ2v) is 6.38. The van der Waals surface area contributed by atoms with E-state index in [1.165, 1.54) is 7.11 Å². The van der Waals surface area contributed by atoms with Crippen molar-refractivity contribution < 1.29 is 19.4 Å². The Morgan fingerprint density at radius 3 is 2.76 bits per heavy atom. The van der Waals surface area contributed by atoms with Crippen LogP contribution < -0.4 is 0 Å². The molecule has 1 aliphatic carbocycles. The van der Waals surface area contributed by atoms with Crippen molar-refractivity contribution in [3.8, 4) is 0 Å². The maximum Gasteiger partial charge on any atom is 0.305 e. The molecule has 4 nitrogen and oxygen atoms in total. The van der Waals surface area contributed by atoms with Crippen LogP contribution in [0.3, 0.4) is 0 Å². The summed E-state index contributed by atoms with van der Waals surface area (Å²) in [6, 6.07) is 10.1. The zero-order valence-corrected chi connectivity index (χ0v) is 14.8. The number of hydrogen-bond acceptors (Lipinski definition) is 4. The minimum Gasteiger partial charge on any atom is -0.469 e. The van der Waals surface area contributed by atoms with Crippen LogP contribution in [-0.2, 0) is 20.9 Å². The first kappa shape index (κ1) is 19.4. The number of benzene rings is 1. The molecule has 1 N–H and O–H groups in total. The Morgan fingerprint density at radius 1 is 1.20 bits per heavy atom. The number of rotatable bonds is 10. The lowest BCUT2D eigenvalue weighted by atomic mass is 9.91. The normalized spacial score (nSPS) is 22.6.